The van der Waals surface area contributed by atoms with Crippen molar-refractivity contribution in [1.82, 2.24) is 4.90 Å². The van der Waals surface area contributed by atoms with Crippen molar-refractivity contribution in [3.8, 4) is 11.8 Å². The van der Waals surface area contributed by atoms with Crippen LogP contribution in [-0.4, -0.2) is 49.4 Å². The first kappa shape index (κ1) is 24.8. The Kier molecular flexibility index (Phi) is 7.58. The maximum Gasteiger partial charge on any atom is 0.410 e. The molecule has 1 aliphatic heterocycles. The van der Waals surface area contributed by atoms with Crippen molar-refractivity contribution in [2.75, 3.05) is 37.4 Å². The lowest BCUT2D eigenvalue weighted by Crippen LogP contribution is -2.44. The number of morpholine rings is 1. The van der Waals surface area contributed by atoms with Crippen LogP contribution >= 0.6 is 0 Å². The minimum atomic E-state index is -0.704. The number of nitrogens with one attached hydrogen (secondary N) is 2. The monoisotopic (exact) mass is 470 g/mol. The second-order valence-electron chi connectivity index (χ2n) is 8.63. The van der Waals surface area contributed by atoms with Crippen molar-refractivity contribution in [3.05, 3.63) is 53.3 Å². The molecule has 1 saturated heterocycles. The fourth-order valence-corrected chi connectivity index (χ4v) is 3.33. The third kappa shape index (κ3) is 6.36. The van der Waals surface area contributed by atoms with Gasteiger partial charge in [0, 0.05) is 6.54 Å². The summed E-state index contributed by atoms with van der Waals surface area (Å²) in [7, 11) is 1.43. The summed E-state index contributed by atoms with van der Waals surface area (Å²) in [5.41, 5.74) is 0.468. The van der Waals surface area contributed by atoms with Crippen LogP contribution in [-0.2, 0) is 9.47 Å². The van der Waals surface area contributed by atoms with Gasteiger partial charge in [-0.2, -0.15) is 5.26 Å². The second-order valence-corrected chi connectivity index (χ2v) is 8.63. The van der Waals surface area contributed by atoms with Crippen LogP contribution < -0.4 is 15.4 Å². The van der Waals surface area contributed by atoms with Crippen LogP contribution in [0.1, 0.15) is 38.0 Å². The van der Waals surface area contributed by atoms with E-state index in [4.69, 9.17) is 19.5 Å². The molecule has 3 rings (SSSR count). The van der Waals surface area contributed by atoms with E-state index in [1.54, 1.807) is 39.0 Å². The quantitative estimate of drug-likeness (QED) is 0.672. The van der Waals surface area contributed by atoms with Crippen molar-refractivity contribution >= 4 is 23.5 Å². The highest BCUT2D eigenvalue weighted by Gasteiger charge is 2.29. The zero-order valence-corrected chi connectivity index (χ0v) is 19.5. The normalized spacial score (nSPS) is 15.8. The first-order chi connectivity index (χ1) is 16.1. The molecule has 1 heterocycles. The van der Waals surface area contributed by atoms with E-state index >= 15 is 0 Å². The Morgan fingerprint density at radius 2 is 1.91 bits per heavy atom. The van der Waals surface area contributed by atoms with E-state index in [1.165, 1.54) is 30.2 Å². The predicted octanol–water partition coefficient (Wildman–Crippen LogP) is 4.66. The lowest BCUT2D eigenvalue weighted by atomic mass is 10.1. The van der Waals surface area contributed by atoms with Crippen molar-refractivity contribution in [3.63, 3.8) is 0 Å². The number of methoxy groups -OCH3 is 1. The number of hydrogen-bond donors (Lipinski definition) is 2. The van der Waals surface area contributed by atoms with Crippen molar-refractivity contribution in [2.45, 2.75) is 32.5 Å². The minimum absolute atomic E-state index is 0.0449. The summed E-state index contributed by atoms with van der Waals surface area (Å²) in [5.74, 6) is -0.308. The molecule has 1 unspecified atom stereocenters. The van der Waals surface area contributed by atoms with Crippen LogP contribution in [0.3, 0.4) is 0 Å². The van der Waals surface area contributed by atoms with Gasteiger partial charge < -0.3 is 29.7 Å². The van der Waals surface area contributed by atoms with E-state index < -0.39 is 29.6 Å². The summed E-state index contributed by atoms with van der Waals surface area (Å²) in [6.07, 6.45) is -0.983. The van der Waals surface area contributed by atoms with E-state index in [0.717, 1.165) is 0 Å². The second kappa shape index (κ2) is 10.4. The first-order valence-electron chi connectivity index (χ1n) is 10.6. The molecular formula is C24H27FN4O5. The maximum absolute atomic E-state index is 14.8. The van der Waals surface area contributed by atoms with Crippen LogP contribution in [0.25, 0.3) is 0 Å². The fourth-order valence-electron chi connectivity index (χ4n) is 3.33. The third-order valence-electron chi connectivity index (χ3n) is 4.91. The molecule has 180 valence electrons. The number of urea groups is 1. The summed E-state index contributed by atoms with van der Waals surface area (Å²) in [6.45, 7) is 6.25. The van der Waals surface area contributed by atoms with E-state index in [0.29, 0.717) is 23.4 Å². The Morgan fingerprint density at radius 3 is 2.56 bits per heavy atom. The smallest absolute Gasteiger partial charge is 0.410 e. The molecule has 0 bridgehead atoms. The van der Waals surface area contributed by atoms with Gasteiger partial charge in [-0.05, 0) is 56.7 Å². The molecule has 2 N–H and O–H groups in total. The van der Waals surface area contributed by atoms with Crippen LogP contribution in [0.4, 0.5) is 25.4 Å². The van der Waals surface area contributed by atoms with Gasteiger partial charge in [0.2, 0.25) is 0 Å². The lowest BCUT2D eigenvalue weighted by Gasteiger charge is -2.34. The van der Waals surface area contributed by atoms with Gasteiger partial charge in [-0.25, -0.2) is 14.0 Å². The molecule has 9 nitrogen and oxygen atoms in total. The SMILES string of the molecule is COc1ccc(C#N)cc1NC(=O)Nc1ccc(C2CN(C(=O)OC(C)(C)C)CCO2)cc1F. The molecule has 1 fully saturated rings. The molecule has 1 aliphatic rings. The minimum Gasteiger partial charge on any atom is -0.495 e. The molecule has 10 heteroatoms. The molecular weight excluding hydrogens is 443 g/mol. The topological polar surface area (TPSA) is 113 Å². The Hall–Kier alpha value is -3.84. The van der Waals surface area contributed by atoms with Gasteiger partial charge in [-0.3, -0.25) is 0 Å². The van der Waals surface area contributed by atoms with Gasteiger partial charge in [0.1, 0.15) is 23.3 Å². The van der Waals surface area contributed by atoms with Gasteiger partial charge in [-0.15, -0.1) is 0 Å². The maximum atomic E-state index is 14.8. The van der Waals surface area contributed by atoms with Gasteiger partial charge in [0.25, 0.3) is 0 Å². The average Bonchev–Trinajstić information content (AvgIpc) is 2.79. The number of hydrogen-bond acceptors (Lipinski definition) is 6. The number of nitriles is 1. The summed E-state index contributed by atoms with van der Waals surface area (Å²) in [4.78, 5) is 26.3. The molecule has 0 spiro atoms. The number of amides is 3. The largest absolute Gasteiger partial charge is 0.495 e. The number of carbonyl (C=O) groups excluding carboxylic acids is 2. The van der Waals surface area contributed by atoms with Crippen LogP contribution in [0, 0.1) is 17.1 Å². The number of benzene rings is 2. The molecule has 0 saturated carbocycles. The zero-order chi connectivity index (χ0) is 24.9. The van der Waals surface area contributed by atoms with Gasteiger partial charge in [0.05, 0.1) is 43.3 Å². The molecule has 0 aromatic heterocycles. The van der Waals surface area contributed by atoms with E-state index in [-0.39, 0.29) is 24.5 Å². The first-order valence-corrected chi connectivity index (χ1v) is 10.6. The molecule has 34 heavy (non-hydrogen) atoms. The number of ether oxygens (including phenoxy) is 3. The molecule has 1 atom stereocenters. The van der Waals surface area contributed by atoms with Gasteiger partial charge in [0.15, 0.2) is 0 Å². The molecule has 0 aliphatic carbocycles. The highest BCUT2D eigenvalue weighted by molar-refractivity contribution is 6.00. The molecule has 0 radical (unpaired) electrons. The van der Waals surface area contributed by atoms with E-state index in [2.05, 4.69) is 10.6 Å². The molecule has 2 aromatic carbocycles. The standard InChI is InChI=1S/C24H27FN4O5/c1-24(2,3)34-23(31)29-9-10-33-21(14-29)16-6-7-18(17(25)12-16)27-22(30)28-19-11-15(13-26)5-8-20(19)32-4/h5-8,11-12,21H,9-10,14H2,1-4H3,(H2,27,28,30). The number of halogens is 1. The van der Waals surface area contributed by atoms with Crippen molar-refractivity contribution in [2.24, 2.45) is 0 Å². The zero-order valence-electron chi connectivity index (χ0n) is 19.5. The number of carbonyl (C=O) groups is 2. The fraction of sp³-hybridized carbons (Fsp3) is 0.375. The lowest BCUT2D eigenvalue weighted by molar-refractivity contribution is -0.0433. The Balaban J connectivity index is 1.67. The highest BCUT2D eigenvalue weighted by atomic mass is 19.1. The Morgan fingerprint density at radius 1 is 1.18 bits per heavy atom. The molecule has 2 aromatic rings. The Bertz CT molecular complexity index is 1110. The number of rotatable bonds is 4. The van der Waals surface area contributed by atoms with E-state index in [1.807, 2.05) is 6.07 Å². The number of nitrogens with zero attached hydrogens (tertiary/aromatic N) is 2. The summed E-state index contributed by atoms with van der Waals surface area (Å²) in [6, 6.07) is 10.1. The Labute approximate surface area is 197 Å². The summed E-state index contributed by atoms with van der Waals surface area (Å²) in [5, 5.41) is 14.0. The van der Waals surface area contributed by atoms with Crippen molar-refractivity contribution < 1.29 is 28.2 Å². The summed E-state index contributed by atoms with van der Waals surface area (Å²) < 4.78 is 31.1. The summed E-state index contributed by atoms with van der Waals surface area (Å²) >= 11 is 0. The van der Waals surface area contributed by atoms with Gasteiger partial charge in [-0.1, -0.05) is 6.07 Å². The predicted molar refractivity (Wildman–Crippen MR) is 123 cm³/mol. The number of anilines is 2. The highest BCUT2D eigenvalue weighted by Crippen LogP contribution is 2.28. The third-order valence-corrected chi connectivity index (χ3v) is 4.91. The van der Waals surface area contributed by atoms with Gasteiger partial charge >= 0.3 is 12.1 Å². The van der Waals surface area contributed by atoms with E-state index in [9.17, 15) is 14.0 Å². The average molecular weight is 471 g/mol. The van der Waals surface area contributed by atoms with Crippen molar-refractivity contribution in [1.29, 1.82) is 5.26 Å². The van der Waals surface area contributed by atoms with Crippen LogP contribution in [0.5, 0.6) is 5.75 Å². The van der Waals surface area contributed by atoms with Crippen LogP contribution in [0.15, 0.2) is 36.4 Å². The molecule has 3 amide bonds. The van der Waals surface area contributed by atoms with Crippen LogP contribution in [0.2, 0.25) is 0 Å².